The topological polar surface area (TPSA) is 104 Å². The van der Waals surface area contributed by atoms with Gasteiger partial charge in [0.05, 0.1) is 42.2 Å². The van der Waals surface area contributed by atoms with E-state index in [2.05, 4.69) is 20.6 Å². The fourth-order valence-corrected chi connectivity index (χ4v) is 3.25. The number of nitrogens with zero attached hydrogens (tertiary/aromatic N) is 4. The van der Waals surface area contributed by atoms with Gasteiger partial charge in [0.2, 0.25) is 0 Å². The monoisotopic (exact) mass is 407 g/mol. The molecule has 0 aliphatic rings. The summed E-state index contributed by atoms with van der Waals surface area (Å²) in [6.45, 7) is 4.49. The Morgan fingerprint density at radius 2 is 2.03 bits per heavy atom. The molecule has 1 amide bonds. The number of anilines is 1. The number of benzene rings is 1. The number of fused-ring (bicyclic) bond motifs is 1. The molecule has 0 bridgehead atoms. The molecule has 1 aromatic carbocycles. The Balaban J connectivity index is 1.79. The fraction of sp³-hybridized carbons (Fsp3) is 0.238. The largest absolute Gasteiger partial charge is 0.493 e. The summed E-state index contributed by atoms with van der Waals surface area (Å²) in [7, 11) is 3.06. The molecule has 3 aromatic heterocycles. The predicted molar refractivity (Wildman–Crippen MR) is 111 cm³/mol. The molecule has 0 aliphatic carbocycles. The summed E-state index contributed by atoms with van der Waals surface area (Å²) >= 11 is 0. The predicted octanol–water partition coefficient (Wildman–Crippen LogP) is 3.68. The van der Waals surface area contributed by atoms with E-state index in [9.17, 15) is 4.79 Å². The smallest absolute Gasteiger partial charge is 0.259 e. The van der Waals surface area contributed by atoms with Gasteiger partial charge in [-0.1, -0.05) is 11.2 Å². The van der Waals surface area contributed by atoms with Crippen molar-refractivity contribution in [1.82, 2.24) is 19.9 Å². The number of carbonyl (C=O) groups is 1. The molecule has 1 N–H and O–H groups in total. The molecular formula is C21H21N5O4. The third-order valence-corrected chi connectivity index (χ3v) is 4.74. The number of methoxy groups -OCH3 is 2. The van der Waals surface area contributed by atoms with Crippen LogP contribution in [0.4, 0.5) is 5.69 Å². The summed E-state index contributed by atoms with van der Waals surface area (Å²) < 4.78 is 17.9. The molecule has 4 rings (SSSR count). The number of para-hydroxylation sites is 1. The molecule has 0 spiro atoms. The van der Waals surface area contributed by atoms with Crippen molar-refractivity contribution in [2.75, 3.05) is 19.5 Å². The second kappa shape index (κ2) is 7.86. The SMILES string of the molecule is CCn1ccc(-c2cc(C(=O)Nc3cccc(OC)c3OC)c3c(C)noc3n2)n1. The molecule has 0 fully saturated rings. The van der Waals surface area contributed by atoms with Gasteiger partial charge in [0.15, 0.2) is 11.5 Å². The third-order valence-electron chi connectivity index (χ3n) is 4.74. The van der Waals surface area contributed by atoms with E-state index < -0.39 is 0 Å². The van der Waals surface area contributed by atoms with Crippen LogP contribution in [-0.4, -0.2) is 40.0 Å². The van der Waals surface area contributed by atoms with E-state index in [1.807, 2.05) is 19.2 Å². The number of aromatic nitrogens is 4. The molecule has 0 saturated heterocycles. The normalized spacial score (nSPS) is 10.9. The maximum atomic E-state index is 13.3. The van der Waals surface area contributed by atoms with E-state index in [0.29, 0.717) is 45.2 Å². The van der Waals surface area contributed by atoms with E-state index in [4.69, 9.17) is 14.0 Å². The number of carbonyl (C=O) groups excluding carboxylic acids is 1. The van der Waals surface area contributed by atoms with E-state index in [0.717, 1.165) is 6.54 Å². The lowest BCUT2D eigenvalue weighted by Crippen LogP contribution is -2.14. The minimum atomic E-state index is -0.351. The first-order valence-electron chi connectivity index (χ1n) is 9.38. The maximum absolute atomic E-state index is 13.3. The number of nitrogens with one attached hydrogen (secondary N) is 1. The maximum Gasteiger partial charge on any atom is 0.259 e. The molecule has 154 valence electrons. The number of rotatable bonds is 6. The van der Waals surface area contributed by atoms with E-state index in [1.54, 1.807) is 35.9 Å². The quantitative estimate of drug-likeness (QED) is 0.520. The number of hydrogen-bond donors (Lipinski definition) is 1. The summed E-state index contributed by atoms with van der Waals surface area (Å²) in [6, 6.07) is 8.80. The highest BCUT2D eigenvalue weighted by molar-refractivity contribution is 6.13. The zero-order valence-corrected chi connectivity index (χ0v) is 17.1. The summed E-state index contributed by atoms with van der Waals surface area (Å²) in [5, 5.41) is 11.9. The van der Waals surface area contributed by atoms with Gasteiger partial charge in [-0.15, -0.1) is 0 Å². The van der Waals surface area contributed by atoms with Crippen LogP contribution in [0, 0.1) is 6.92 Å². The summed E-state index contributed by atoms with van der Waals surface area (Å²) in [5.41, 5.74) is 2.88. The van der Waals surface area contributed by atoms with Crippen LogP contribution in [0.3, 0.4) is 0 Å². The van der Waals surface area contributed by atoms with Gasteiger partial charge in [-0.05, 0) is 38.1 Å². The van der Waals surface area contributed by atoms with E-state index in [1.165, 1.54) is 14.2 Å². The second-order valence-corrected chi connectivity index (χ2v) is 6.56. The number of ether oxygens (including phenoxy) is 2. The number of aryl methyl sites for hydroxylation is 2. The number of pyridine rings is 1. The lowest BCUT2D eigenvalue weighted by Gasteiger charge is -2.14. The molecule has 0 unspecified atom stereocenters. The summed E-state index contributed by atoms with van der Waals surface area (Å²) in [6.07, 6.45) is 1.85. The van der Waals surface area contributed by atoms with E-state index >= 15 is 0 Å². The van der Waals surface area contributed by atoms with Crippen molar-refractivity contribution in [2.24, 2.45) is 0 Å². The minimum absolute atomic E-state index is 0.277. The molecule has 0 atom stereocenters. The van der Waals surface area contributed by atoms with Gasteiger partial charge < -0.3 is 19.3 Å². The Kier molecular flexibility index (Phi) is 5.09. The highest BCUT2D eigenvalue weighted by Gasteiger charge is 2.21. The first-order valence-corrected chi connectivity index (χ1v) is 9.38. The Hall–Kier alpha value is -3.88. The first-order chi connectivity index (χ1) is 14.5. The molecule has 3 heterocycles. The standard InChI is InChI=1S/C21H21N5O4/c1-5-26-10-9-14(24-26)16-11-13(18-12(2)25-30-21(18)23-16)20(27)22-15-7-6-8-17(28-3)19(15)29-4/h6-11H,5H2,1-4H3,(H,22,27). The highest BCUT2D eigenvalue weighted by Crippen LogP contribution is 2.35. The van der Waals surface area contributed by atoms with E-state index in [-0.39, 0.29) is 11.6 Å². The second-order valence-electron chi connectivity index (χ2n) is 6.56. The molecule has 9 nitrogen and oxygen atoms in total. The van der Waals surface area contributed by atoms with Crippen molar-refractivity contribution in [2.45, 2.75) is 20.4 Å². The van der Waals surface area contributed by atoms with Gasteiger partial charge in [-0.25, -0.2) is 4.98 Å². The fourth-order valence-electron chi connectivity index (χ4n) is 3.25. The van der Waals surface area contributed by atoms with Crippen LogP contribution in [0.25, 0.3) is 22.5 Å². The molecule has 0 aliphatic heterocycles. The van der Waals surface area contributed by atoms with Crippen molar-refractivity contribution >= 4 is 22.7 Å². The van der Waals surface area contributed by atoms with Gasteiger partial charge >= 0.3 is 0 Å². The minimum Gasteiger partial charge on any atom is -0.493 e. The molecule has 4 aromatic rings. The average molecular weight is 407 g/mol. The van der Waals surface area contributed by atoms with Crippen LogP contribution >= 0.6 is 0 Å². The van der Waals surface area contributed by atoms with Crippen LogP contribution in [0.2, 0.25) is 0 Å². The van der Waals surface area contributed by atoms with Crippen LogP contribution in [-0.2, 0) is 6.54 Å². The third kappa shape index (κ3) is 3.34. The molecule has 0 saturated carbocycles. The van der Waals surface area contributed by atoms with Gasteiger partial charge in [-0.2, -0.15) is 5.10 Å². The Labute approximate surface area is 172 Å². The van der Waals surface area contributed by atoms with Crippen molar-refractivity contribution in [1.29, 1.82) is 0 Å². The molecule has 30 heavy (non-hydrogen) atoms. The van der Waals surface area contributed by atoms with Crippen LogP contribution in [0.5, 0.6) is 11.5 Å². The van der Waals surface area contributed by atoms with Crippen molar-refractivity contribution in [3.05, 3.63) is 47.8 Å². The van der Waals surface area contributed by atoms with Gasteiger partial charge in [0, 0.05) is 12.7 Å². The zero-order chi connectivity index (χ0) is 21.3. The Morgan fingerprint density at radius 1 is 1.20 bits per heavy atom. The lowest BCUT2D eigenvalue weighted by atomic mass is 10.1. The van der Waals surface area contributed by atoms with Crippen molar-refractivity contribution < 1.29 is 18.8 Å². The van der Waals surface area contributed by atoms with Crippen molar-refractivity contribution in [3.63, 3.8) is 0 Å². The number of amides is 1. The zero-order valence-electron chi connectivity index (χ0n) is 17.1. The average Bonchev–Trinajstić information content (AvgIpc) is 3.39. The van der Waals surface area contributed by atoms with Crippen molar-refractivity contribution in [3.8, 4) is 22.9 Å². The first kappa shape index (κ1) is 19.4. The Morgan fingerprint density at radius 3 is 2.73 bits per heavy atom. The highest BCUT2D eigenvalue weighted by atomic mass is 16.5. The lowest BCUT2D eigenvalue weighted by molar-refractivity contribution is 0.102. The molecular weight excluding hydrogens is 386 g/mol. The summed E-state index contributed by atoms with van der Waals surface area (Å²) in [4.78, 5) is 17.8. The van der Waals surface area contributed by atoms with Gasteiger partial charge in [-0.3, -0.25) is 9.48 Å². The van der Waals surface area contributed by atoms with Gasteiger partial charge in [0.25, 0.3) is 11.6 Å². The molecule has 0 radical (unpaired) electrons. The van der Waals surface area contributed by atoms with Gasteiger partial charge in [0.1, 0.15) is 5.69 Å². The molecule has 9 heteroatoms. The van der Waals surface area contributed by atoms with Crippen LogP contribution in [0.1, 0.15) is 23.0 Å². The Bertz CT molecular complexity index is 1230. The number of hydrogen-bond acceptors (Lipinski definition) is 7. The van der Waals surface area contributed by atoms with Crippen LogP contribution in [0.15, 0.2) is 41.1 Å². The summed E-state index contributed by atoms with van der Waals surface area (Å²) in [5.74, 6) is 0.598. The van der Waals surface area contributed by atoms with Crippen LogP contribution < -0.4 is 14.8 Å².